The summed E-state index contributed by atoms with van der Waals surface area (Å²) in [5.41, 5.74) is 0.641. The highest BCUT2D eigenvalue weighted by atomic mass is 35.5. The first-order chi connectivity index (χ1) is 11.2. The van der Waals surface area contributed by atoms with Crippen molar-refractivity contribution in [1.29, 1.82) is 0 Å². The molecule has 0 spiro atoms. The highest BCUT2D eigenvalue weighted by Crippen LogP contribution is 2.24. The van der Waals surface area contributed by atoms with Crippen LogP contribution in [0, 0.1) is 0 Å². The molecule has 1 fully saturated rings. The first kappa shape index (κ1) is 15.8. The fraction of sp³-hybridized carbons (Fsp3) is 0.278. The Balaban J connectivity index is 1.61. The minimum Gasteiger partial charge on any atom is -0.457 e. The van der Waals surface area contributed by atoms with Gasteiger partial charge in [0.1, 0.15) is 11.5 Å². The molecule has 1 aliphatic heterocycles. The molecular formula is C18H19ClN2O2. The molecule has 1 amide bonds. The van der Waals surface area contributed by atoms with Gasteiger partial charge in [0.25, 0.3) is 5.91 Å². The lowest BCUT2D eigenvalue weighted by atomic mass is 10.1. The Kier molecular flexibility index (Phi) is 5.16. The molecule has 2 N–H and O–H groups in total. The second-order valence-corrected chi connectivity index (χ2v) is 6.02. The van der Waals surface area contributed by atoms with E-state index >= 15 is 0 Å². The van der Waals surface area contributed by atoms with Gasteiger partial charge in [0.15, 0.2) is 0 Å². The number of carbonyl (C=O) groups is 1. The maximum Gasteiger partial charge on any atom is 0.251 e. The number of carbonyl (C=O) groups excluding carboxylic acids is 1. The molecule has 5 heteroatoms. The molecule has 1 heterocycles. The Morgan fingerprint density at radius 3 is 2.52 bits per heavy atom. The van der Waals surface area contributed by atoms with Gasteiger partial charge < -0.3 is 15.4 Å². The van der Waals surface area contributed by atoms with Gasteiger partial charge in [-0.3, -0.25) is 4.79 Å². The third-order valence-corrected chi connectivity index (χ3v) is 4.06. The van der Waals surface area contributed by atoms with Gasteiger partial charge in [0.2, 0.25) is 0 Å². The van der Waals surface area contributed by atoms with E-state index in [1.165, 1.54) is 0 Å². The second kappa shape index (κ2) is 7.49. The van der Waals surface area contributed by atoms with Crippen molar-refractivity contribution in [3.8, 4) is 11.5 Å². The molecule has 2 aromatic carbocycles. The number of benzene rings is 2. The smallest absolute Gasteiger partial charge is 0.251 e. The largest absolute Gasteiger partial charge is 0.457 e. The van der Waals surface area contributed by atoms with Crippen LogP contribution in [0.3, 0.4) is 0 Å². The molecule has 120 valence electrons. The van der Waals surface area contributed by atoms with Crippen LogP contribution in [0.2, 0.25) is 5.02 Å². The highest BCUT2D eigenvalue weighted by Gasteiger charge is 2.16. The number of hydrogen-bond acceptors (Lipinski definition) is 3. The summed E-state index contributed by atoms with van der Waals surface area (Å²) in [7, 11) is 0. The predicted molar refractivity (Wildman–Crippen MR) is 91.3 cm³/mol. The van der Waals surface area contributed by atoms with Crippen LogP contribution in [0.4, 0.5) is 0 Å². The number of rotatable bonds is 4. The fourth-order valence-corrected chi connectivity index (χ4v) is 2.76. The summed E-state index contributed by atoms with van der Waals surface area (Å²) < 4.78 is 5.72. The maximum atomic E-state index is 12.2. The monoisotopic (exact) mass is 330 g/mol. The summed E-state index contributed by atoms with van der Waals surface area (Å²) in [6, 6.07) is 14.6. The van der Waals surface area contributed by atoms with Crippen LogP contribution in [0.5, 0.6) is 11.5 Å². The molecule has 0 saturated carbocycles. The molecule has 23 heavy (non-hydrogen) atoms. The van der Waals surface area contributed by atoms with Crippen molar-refractivity contribution in [2.24, 2.45) is 0 Å². The summed E-state index contributed by atoms with van der Waals surface area (Å²) in [5, 5.41) is 6.99. The van der Waals surface area contributed by atoms with Gasteiger partial charge in [-0.2, -0.15) is 0 Å². The minimum atomic E-state index is -0.0359. The maximum absolute atomic E-state index is 12.2. The summed E-state index contributed by atoms with van der Waals surface area (Å²) >= 11 is 5.93. The number of hydrogen-bond donors (Lipinski definition) is 2. The molecule has 4 nitrogen and oxygen atoms in total. The molecule has 0 bridgehead atoms. The molecule has 0 atom stereocenters. The van der Waals surface area contributed by atoms with Gasteiger partial charge in [-0.25, -0.2) is 0 Å². The van der Waals surface area contributed by atoms with Crippen molar-refractivity contribution in [2.75, 3.05) is 13.1 Å². The van der Waals surface area contributed by atoms with E-state index in [0.29, 0.717) is 22.1 Å². The van der Waals surface area contributed by atoms with Crippen LogP contribution in [0.25, 0.3) is 0 Å². The van der Waals surface area contributed by atoms with Crippen molar-refractivity contribution in [3.63, 3.8) is 0 Å². The first-order valence-electron chi connectivity index (χ1n) is 7.76. The second-order valence-electron chi connectivity index (χ2n) is 5.58. The average molecular weight is 331 g/mol. The number of nitrogens with one attached hydrogen (secondary N) is 2. The topological polar surface area (TPSA) is 50.4 Å². The molecular weight excluding hydrogens is 312 g/mol. The van der Waals surface area contributed by atoms with Gasteiger partial charge in [0, 0.05) is 16.6 Å². The van der Waals surface area contributed by atoms with E-state index in [1.807, 2.05) is 12.1 Å². The van der Waals surface area contributed by atoms with Crippen LogP contribution in [0.1, 0.15) is 23.2 Å². The quantitative estimate of drug-likeness (QED) is 0.900. The van der Waals surface area contributed by atoms with Crippen LogP contribution < -0.4 is 15.4 Å². The zero-order valence-electron chi connectivity index (χ0n) is 12.7. The van der Waals surface area contributed by atoms with Crippen molar-refractivity contribution < 1.29 is 9.53 Å². The van der Waals surface area contributed by atoms with Crippen LogP contribution in [0.15, 0.2) is 48.5 Å². The van der Waals surface area contributed by atoms with E-state index < -0.39 is 0 Å². The Bertz CT molecular complexity index is 667. The summed E-state index contributed by atoms with van der Waals surface area (Å²) in [6.45, 7) is 1.91. The molecule has 1 aliphatic rings. The zero-order chi connectivity index (χ0) is 16.1. The average Bonchev–Trinajstić information content (AvgIpc) is 2.56. The van der Waals surface area contributed by atoms with Gasteiger partial charge in [0.05, 0.1) is 0 Å². The standard InChI is InChI=1S/C18H19ClN2O2/c19-14-2-1-3-17(12-14)23-16-6-4-13(5-7-16)18(22)21-15-8-10-20-11-9-15/h1-7,12,15,20H,8-11H2,(H,21,22). The van der Waals surface area contributed by atoms with E-state index in [2.05, 4.69) is 10.6 Å². The molecule has 0 radical (unpaired) electrons. The van der Waals surface area contributed by atoms with Gasteiger partial charge in [-0.1, -0.05) is 17.7 Å². The molecule has 1 saturated heterocycles. The lowest BCUT2D eigenvalue weighted by molar-refractivity contribution is 0.0929. The van der Waals surface area contributed by atoms with E-state index in [1.54, 1.807) is 36.4 Å². The number of piperidine rings is 1. The summed E-state index contributed by atoms with van der Waals surface area (Å²) in [4.78, 5) is 12.2. The number of amides is 1. The number of ether oxygens (including phenoxy) is 1. The predicted octanol–water partition coefficient (Wildman–Crippen LogP) is 3.61. The number of halogens is 1. The van der Waals surface area contributed by atoms with E-state index in [0.717, 1.165) is 25.9 Å². The Morgan fingerprint density at radius 2 is 1.83 bits per heavy atom. The van der Waals surface area contributed by atoms with Gasteiger partial charge in [-0.05, 0) is 68.4 Å². The zero-order valence-corrected chi connectivity index (χ0v) is 13.5. The van der Waals surface area contributed by atoms with Crippen molar-refractivity contribution in [1.82, 2.24) is 10.6 Å². The summed E-state index contributed by atoms with van der Waals surface area (Å²) in [6.07, 6.45) is 1.95. The third kappa shape index (κ3) is 4.47. The Hall–Kier alpha value is -2.04. The van der Waals surface area contributed by atoms with Crippen LogP contribution in [-0.4, -0.2) is 25.0 Å². The summed E-state index contributed by atoms with van der Waals surface area (Å²) in [5.74, 6) is 1.31. The fourth-order valence-electron chi connectivity index (χ4n) is 2.58. The van der Waals surface area contributed by atoms with Crippen LogP contribution in [-0.2, 0) is 0 Å². The van der Waals surface area contributed by atoms with Gasteiger partial charge >= 0.3 is 0 Å². The molecule has 2 aromatic rings. The van der Waals surface area contributed by atoms with Crippen molar-refractivity contribution in [3.05, 3.63) is 59.1 Å². The van der Waals surface area contributed by atoms with E-state index in [-0.39, 0.29) is 11.9 Å². The molecule has 0 unspecified atom stereocenters. The molecule has 0 aliphatic carbocycles. The Labute approximate surface area is 140 Å². The lowest BCUT2D eigenvalue weighted by Gasteiger charge is -2.23. The minimum absolute atomic E-state index is 0.0359. The van der Waals surface area contributed by atoms with Crippen molar-refractivity contribution >= 4 is 17.5 Å². The SMILES string of the molecule is O=C(NC1CCNCC1)c1ccc(Oc2cccc(Cl)c2)cc1. The van der Waals surface area contributed by atoms with E-state index in [4.69, 9.17) is 16.3 Å². The normalized spacial score (nSPS) is 15.2. The Morgan fingerprint density at radius 1 is 1.09 bits per heavy atom. The third-order valence-electron chi connectivity index (χ3n) is 3.82. The van der Waals surface area contributed by atoms with E-state index in [9.17, 15) is 4.79 Å². The van der Waals surface area contributed by atoms with Crippen molar-refractivity contribution in [2.45, 2.75) is 18.9 Å². The first-order valence-corrected chi connectivity index (χ1v) is 8.13. The lowest BCUT2D eigenvalue weighted by Crippen LogP contribution is -2.42. The van der Waals surface area contributed by atoms with Gasteiger partial charge in [-0.15, -0.1) is 0 Å². The highest BCUT2D eigenvalue weighted by molar-refractivity contribution is 6.30. The molecule has 0 aromatic heterocycles. The molecule has 3 rings (SSSR count). The van der Waals surface area contributed by atoms with Crippen LogP contribution >= 0.6 is 11.6 Å².